The van der Waals surface area contributed by atoms with E-state index in [1.807, 2.05) is 0 Å². The number of anilines is 6. The summed E-state index contributed by atoms with van der Waals surface area (Å²) in [5.41, 5.74) is 20.4. The van der Waals surface area contributed by atoms with E-state index in [0.29, 0.717) is 11.8 Å². The van der Waals surface area contributed by atoms with E-state index in [1.165, 1.54) is 122 Å². The maximum atomic E-state index is 2.50. The molecular weight excluding hydrogens is 701 g/mol. The van der Waals surface area contributed by atoms with Crippen LogP contribution in [0.25, 0.3) is 32.3 Å². The van der Waals surface area contributed by atoms with Gasteiger partial charge in [-0.3, -0.25) is 0 Å². The summed E-state index contributed by atoms with van der Waals surface area (Å²) in [6.07, 6.45) is 0. The average molecular weight is 759 g/mol. The van der Waals surface area contributed by atoms with Gasteiger partial charge in [0.1, 0.15) is 0 Å². The van der Waals surface area contributed by atoms with Crippen molar-refractivity contribution in [2.24, 2.45) is 0 Å². The molecule has 0 spiro atoms. The van der Waals surface area contributed by atoms with Crippen molar-refractivity contribution in [1.29, 1.82) is 0 Å². The van der Waals surface area contributed by atoms with Crippen LogP contribution in [0.4, 0.5) is 34.1 Å². The van der Waals surface area contributed by atoms with Crippen LogP contribution >= 0.6 is 0 Å². The molecule has 2 heteroatoms. The highest BCUT2D eigenvalue weighted by molar-refractivity contribution is 6.24. The first-order valence-electron chi connectivity index (χ1n) is 21.1. The van der Waals surface area contributed by atoms with Crippen molar-refractivity contribution in [2.45, 2.75) is 94.9 Å². The first-order valence-corrected chi connectivity index (χ1v) is 21.1. The fourth-order valence-corrected chi connectivity index (χ4v) is 9.85. The molecule has 292 valence electrons. The van der Waals surface area contributed by atoms with Crippen LogP contribution < -0.4 is 9.80 Å². The molecule has 2 nitrogen and oxygen atoms in total. The summed E-state index contributed by atoms with van der Waals surface area (Å²) in [4.78, 5) is 5.01. The van der Waals surface area contributed by atoms with Gasteiger partial charge in [0.15, 0.2) is 0 Å². The van der Waals surface area contributed by atoms with Crippen molar-refractivity contribution < 1.29 is 0 Å². The second-order valence-corrected chi connectivity index (χ2v) is 17.5. The Balaban J connectivity index is 1.47. The lowest BCUT2D eigenvalue weighted by atomic mass is 9.91. The van der Waals surface area contributed by atoms with Gasteiger partial charge in [0.05, 0.1) is 11.4 Å². The monoisotopic (exact) mass is 758 g/mol. The lowest BCUT2D eigenvalue weighted by molar-refractivity contribution is 0.846. The number of aryl methyl sites for hydroxylation is 8. The van der Waals surface area contributed by atoms with Gasteiger partial charge in [-0.2, -0.15) is 0 Å². The van der Waals surface area contributed by atoms with E-state index < -0.39 is 0 Å². The summed E-state index contributed by atoms with van der Waals surface area (Å²) >= 11 is 0. The molecule has 0 heterocycles. The van der Waals surface area contributed by atoms with Gasteiger partial charge in [-0.1, -0.05) is 88.4 Å². The molecule has 0 N–H and O–H groups in total. The standard InChI is InChI=1S/C56H58N2/c1-33(2)55-39(9)27-45(28-40(55)10)57(43-23-21-35(5)37(7)25-43)53-31-51-48-18-14-16-20-50(48)54(32-52(51)47-17-13-15-19-49(47)53)58(44-24-22-36(6)38(8)26-44)46-29-41(11)56(34(3)4)42(12)30-46/h13-34H,1-12H3. The Hall–Kier alpha value is -5.86. The summed E-state index contributed by atoms with van der Waals surface area (Å²) < 4.78 is 0. The van der Waals surface area contributed by atoms with E-state index in [9.17, 15) is 0 Å². The smallest absolute Gasteiger partial charge is 0.0546 e. The van der Waals surface area contributed by atoms with Crippen LogP contribution in [-0.4, -0.2) is 0 Å². The number of benzene rings is 8. The third kappa shape index (κ3) is 6.73. The summed E-state index contributed by atoms with van der Waals surface area (Å²) in [5.74, 6) is 0.908. The van der Waals surface area contributed by atoms with Gasteiger partial charge in [0.25, 0.3) is 0 Å². The lowest BCUT2D eigenvalue weighted by Crippen LogP contribution is -2.13. The van der Waals surface area contributed by atoms with Crippen molar-refractivity contribution in [3.8, 4) is 0 Å². The summed E-state index contributed by atoms with van der Waals surface area (Å²) in [7, 11) is 0. The van der Waals surface area contributed by atoms with E-state index in [2.05, 4.69) is 214 Å². The molecule has 0 aromatic heterocycles. The Morgan fingerprint density at radius 1 is 0.293 bits per heavy atom. The van der Waals surface area contributed by atoms with Gasteiger partial charge < -0.3 is 9.80 Å². The molecule has 0 bridgehead atoms. The largest absolute Gasteiger partial charge is 0.310 e. The molecule has 0 aliphatic rings. The van der Waals surface area contributed by atoms with Crippen LogP contribution in [0.2, 0.25) is 0 Å². The minimum atomic E-state index is 0.454. The Labute approximate surface area is 346 Å². The fourth-order valence-electron chi connectivity index (χ4n) is 9.85. The quantitative estimate of drug-likeness (QED) is 0.142. The number of hydrogen-bond donors (Lipinski definition) is 0. The highest BCUT2D eigenvalue weighted by Gasteiger charge is 2.24. The summed E-state index contributed by atoms with van der Waals surface area (Å²) in [6, 6.07) is 46.4. The zero-order valence-electron chi connectivity index (χ0n) is 36.6. The zero-order valence-corrected chi connectivity index (χ0v) is 36.6. The zero-order chi connectivity index (χ0) is 41.2. The Bertz CT molecular complexity index is 2650. The topological polar surface area (TPSA) is 6.48 Å². The second-order valence-electron chi connectivity index (χ2n) is 17.5. The average Bonchev–Trinajstić information content (AvgIpc) is 3.17. The van der Waals surface area contributed by atoms with Gasteiger partial charge in [-0.15, -0.1) is 0 Å². The summed E-state index contributed by atoms with van der Waals surface area (Å²) in [6.45, 7) is 27.2. The molecule has 8 aromatic rings. The Morgan fingerprint density at radius 3 is 0.914 bits per heavy atom. The van der Waals surface area contributed by atoms with Gasteiger partial charge in [-0.25, -0.2) is 0 Å². The van der Waals surface area contributed by atoms with Crippen LogP contribution in [0.1, 0.15) is 95.2 Å². The molecule has 0 radical (unpaired) electrons. The van der Waals surface area contributed by atoms with Crippen LogP contribution in [0.15, 0.2) is 121 Å². The fraction of sp³-hybridized carbons (Fsp3) is 0.250. The molecule has 0 unspecified atom stereocenters. The van der Waals surface area contributed by atoms with Crippen LogP contribution in [0.3, 0.4) is 0 Å². The molecule has 0 aliphatic heterocycles. The maximum absolute atomic E-state index is 2.50. The molecule has 0 amide bonds. The number of nitrogens with zero attached hydrogens (tertiary/aromatic N) is 2. The van der Waals surface area contributed by atoms with Gasteiger partial charge >= 0.3 is 0 Å². The van der Waals surface area contributed by atoms with E-state index in [0.717, 1.165) is 0 Å². The van der Waals surface area contributed by atoms with Crippen LogP contribution in [0, 0.1) is 55.4 Å². The van der Waals surface area contributed by atoms with E-state index in [4.69, 9.17) is 0 Å². The molecule has 0 atom stereocenters. The van der Waals surface area contributed by atoms with Crippen molar-refractivity contribution in [1.82, 2.24) is 0 Å². The molecular formula is C56H58N2. The maximum Gasteiger partial charge on any atom is 0.0546 e. The SMILES string of the molecule is Cc1ccc(N(c2cc(C)c(C(C)C)c(C)c2)c2cc3c4ccccc4c(N(c4ccc(C)c(C)c4)c4cc(C)c(C(C)C)c(C)c4)cc3c3ccccc23)cc1C. The summed E-state index contributed by atoms with van der Waals surface area (Å²) in [5, 5.41) is 7.43. The Morgan fingerprint density at radius 2 is 0.603 bits per heavy atom. The molecule has 0 saturated heterocycles. The number of hydrogen-bond acceptors (Lipinski definition) is 2. The first kappa shape index (κ1) is 39.0. The highest BCUT2D eigenvalue weighted by Crippen LogP contribution is 2.49. The van der Waals surface area contributed by atoms with Crippen molar-refractivity contribution in [3.05, 3.63) is 177 Å². The minimum Gasteiger partial charge on any atom is -0.310 e. The van der Waals surface area contributed by atoms with Crippen molar-refractivity contribution >= 4 is 66.4 Å². The first-order chi connectivity index (χ1) is 27.7. The molecule has 0 aliphatic carbocycles. The van der Waals surface area contributed by atoms with E-state index >= 15 is 0 Å². The molecule has 58 heavy (non-hydrogen) atoms. The van der Waals surface area contributed by atoms with Crippen LogP contribution in [0.5, 0.6) is 0 Å². The van der Waals surface area contributed by atoms with Gasteiger partial charge in [-0.05, 0) is 205 Å². The minimum absolute atomic E-state index is 0.454. The molecule has 8 aromatic carbocycles. The van der Waals surface area contributed by atoms with Crippen molar-refractivity contribution in [3.63, 3.8) is 0 Å². The van der Waals surface area contributed by atoms with Gasteiger partial charge in [0, 0.05) is 33.5 Å². The third-order valence-corrected chi connectivity index (χ3v) is 12.6. The number of rotatable bonds is 8. The molecule has 0 fully saturated rings. The predicted octanol–water partition coefficient (Wildman–Crippen LogP) is 16.8. The van der Waals surface area contributed by atoms with Crippen molar-refractivity contribution in [2.75, 3.05) is 9.80 Å². The van der Waals surface area contributed by atoms with Crippen LogP contribution in [-0.2, 0) is 0 Å². The molecule has 8 rings (SSSR count). The normalized spacial score (nSPS) is 11.8. The number of fused-ring (bicyclic) bond motifs is 5. The second kappa shape index (κ2) is 15.1. The van der Waals surface area contributed by atoms with E-state index in [1.54, 1.807) is 0 Å². The van der Waals surface area contributed by atoms with E-state index in [-0.39, 0.29) is 0 Å². The third-order valence-electron chi connectivity index (χ3n) is 12.6. The highest BCUT2D eigenvalue weighted by atomic mass is 15.2. The van der Waals surface area contributed by atoms with Gasteiger partial charge in [0.2, 0.25) is 0 Å². The molecule has 0 saturated carbocycles. The predicted molar refractivity (Wildman–Crippen MR) is 254 cm³/mol. The Kier molecular flexibility index (Phi) is 10.2. The lowest BCUT2D eigenvalue weighted by Gasteiger charge is -2.31.